The number of hydrogen-bond acceptors (Lipinski definition) is 5. The van der Waals surface area contributed by atoms with Crippen LogP contribution in [0.1, 0.15) is 55.1 Å². The lowest BCUT2D eigenvalue weighted by Crippen LogP contribution is -2.45. The van der Waals surface area contributed by atoms with E-state index in [1.807, 2.05) is 9.58 Å². The smallest absolute Gasteiger partial charge is 0.276 e. The van der Waals surface area contributed by atoms with Gasteiger partial charge in [-0.25, -0.2) is 9.07 Å². The van der Waals surface area contributed by atoms with Crippen LogP contribution in [0.4, 0.5) is 10.1 Å². The zero-order chi connectivity index (χ0) is 19.5. The molecule has 1 unspecified atom stereocenters. The fourth-order valence-corrected chi connectivity index (χ4v) is 4.14. The summed E-state index contributed by atoms with van der Waals surface area (Å²) in [5.74, 6) is -0.335. The third-order valence-corrected chi connectivity index (χ3v) is 5.77. The van der Waals surface area contributed by atoms with Crippen LogP contribution in [0, 0.1) is 5.82 Å². The zero-order valence-corrected chi connectivity index (χ0v) is 15.9. The van der Waals surface area contributed by atoms with Crippen molar-refractivity contribution in [1.29, 1.82) is 0 Å². The van der Waals surface area contributed by atoms with Crippen LogP contribution in [-0.4, -0.2) is 51.0 Å². The molecule has 28 heavy (non-hydrogen) atoms. The van der Waals surface area contributed by atoms with Gasteiger partial charge in [-0.2, -0.15) is 0 Å². The SMILES string of the molecule is NC1CCC(n2cc(C(=O)N3CCCC(Nc4ccc(F)cc4)C3)nn2)CC1. The van der Waals surface area contributed by atoms with Gasteiger partial charge in [0.25, 0.3) is 5.91 Å². The number of halogens is 1. The molecule has 1 aliphatic carbocycles. The van der Waals surface area contributed by atoms with E-state index in [1.54, 1.807) is 18.3 Å². The number of nitrogens with zero attached hydrogens (tertiary/aromatic N) is 4. The minimum Gasteiger partial charge on any atom is -0.381 e. The van der Waals surface area contributed by atoms with Crippen LogP contribution in [0.5, 0.6) is 0 Å². The summed E-state index contributed by atoms with van der Waals surface area (Å²) in [4.78, 5) is 14.7. The van der Waals surface area contributed by atoms with Crippen molar-refractivity contribution >= 4 is 11.6 Å². The predicted octanol–water partition coefficient (Wildman–Crippen LogP) is 2.58. The van der Waals surface area contributed by atoms with Crippen molar-refractivity contribution in [2.45, 2.75) is 56.7 Å². The number of anilines is 1. The second-order valence-corrected chi connectivity index (χ2v) is 7.89. The van der Waals surface area contributed by atoms with E-state index in [4.69, 9.17) is 5.73 Å². The predicted molar refractivity (Wildman–Crippen MR) is 104 cm³/mol. The average molecular weight is 386 g/mol. The maximum atomic E-state index is 13.1. The van der Waals surface area contributed by atoms with E-state index in [1.165, 1.54) is 12.1 Å². The lowest BCUT2D eigenvalue weighted by Gasteiger charge is -2.33. The molecule has 4 rings (SSSR count). The van der Waals surface area contributed by atoms with Crippen LogP contribution >= 0.6 is 0 Å². The number of nitrogens with two attached hydrogens (primary N) is 1. The summed E-state index contributed by atoms with van der Waals surface area (Å²) in [5.41, 5.74) is 7.23. The highest BCUT2D eigenvalue weighted by atomic mass is 19.1. The maximum Gasteiger partial charge on any atom is 0.276 e. The van der Waals surface area contributed by atoms with Gasteiger partial charge in [-0.05, 0) is 62.8 Å². The van der Waals surface area contributed by atoms with E-state index in [0.29, 0.717) is 18.8 Å². The summed E-state index contributed by atoms with van der Waals surface area (Å²) in [6.07, 6.45) is 7.58. The Morgan fingerprint density at radius 3 is 2.64 bits per heavy atom. The Kier molecular flexibility index (Phi) is 5.57. The molecular formula is C20H27FN6O. The first kappa shape index (κ1) is 18.9. The summed E-state index contributed by atoms with van der Waals surface area (Å²) in [6, 6.07) is 7.01. The van der Waals surface area contributed by atoms with Crippen LogP contribution in [0.25, 0.3) is 0 Å². The second-order valence-electron chi connectivity index (χ2n) is 7.89. The summed E-state index contributed by atoms with van der Waals surface area (Å²) in [7, 11) is 0. The first-order chi connectivity index (χ1) is 13.6. The van der Waals surface area contributed by atoms with Crippen molar-refractivity contribution in [3.8, 4) is 0 Å². The van der Waals surface area contributed by atoms with Gasteiger partial charge in [-0.15, -0.1) is 5.10 Å². The van der Waals surface area contributed by atoms with Crippen LogP contribution in [-0.2, 0) is 0 Å². The molecule has 150 valence electrons. The van der Waals surface area contributed by atoms with Crippen molar-refractivity contribution in [2.24, 2.45) is 5.73 Å². The van der Waals surface area contributed by atoms with Gasteiger partial charge in [-0.1, -0.05) is 5.21 Å². The lowest BCUT2D eigenvalue weighted by molar-refractivity contribution is 0.0708. The second kappa shape index (κ2) is 8.26. The van der Waals surface area contributed by atoms with Crippen molar-refractivity contribution in [3.05, 3.63) is 42.0 Å². The highest BCUT2D eigenvalue weighted by Gasteiger charge is 2.27. The molecule has 1 aliphatic heterocycles. The first-order valence-electron chi connectivity index (χ1n) is 10.1. The quantitative estimate of drug-likeness (QED) is 0.843. The van der Waals surface area contributed by atoms with Crippen molar-refractivity contribution in [1.82, 2.24) is 19.9 Å². The van der Waals surface area contributed by atoms with Gasteiger partial charge >= 0.3 is 0 Å². The fourth-order valence-electron chi connectivity index (χ4n) is 4.14. The van der Waals surface area contributed by atoms with Crippen molar-refractivity contribution in [2.75, 3.05) is 18.4 Å². The molecule has 8 heteroatoms. The van der Waals surface area contributed by atoms with Gasteiger partial charge < -0.3 is 16.0 Å². The molecule has 7 nitrogen and oxygen atoms in total. The first-order valence-corrected chi connectivity index (χ1v) is 10.1. The molecule has 2 aromatic rings. The minimum absolute atomic E-state index is 0.0793. The molecule has 0 bridgehead atoms. The molecule has 0 spiro atoms. The lowest BCUT2D eigenvalue weighted by atomic mass is 9.92. The van der Waals surface area contributed by atoms with Crippen LogP contribution in [0.2, 0.25) is 0 Å². The number of benzene rings is 1. The van der Waals surface area contributed by atoms with Gasteiger partial charge in [0.15, 0.2) is 5.69 Å². The zero-order valence-electron chi connectivity index (χ0n) is 15.9. The van der Waals surface area contributed by atoms with E-state index in [9.17, 15) is 9.18 Å². The van der Waals surface area contributed by atoms with Gasteiger partial charge in [0.05, 0.1) is 12.2 Å². The number of amides is 1. The normalized spacial score (nSPS) is 25.5. The number of hydrogen-bond donors (Lipinski definition) is 2. The molecule has 3 N–H and O–H groups in total. The number of piperidine rings is 1. The minimum atomic E-state index is -0.256. The average Bonchev–Trinajstić information content (AvgIpc) is 3.20. The van der Waals surface area contributed by atoms with E-state index in [0.717, 1.165) is 44.2 Å². The van der Waals surface area contributed by atoms with E-state index in [-0.39, 0.29) is 29.8 Å². The number of rotatable bonds is 4. The maximum absolute atomic E-state index is 13.1. The molecule has 1 aromatic heterocycles. The summed E-state index contributed by atoms with van der Waals surface area (Å²) in [5, 5.41) is 11.7. The summed E-state index contributed by atoms with van der Waals surface area (Å²) >= 11 is 0. The van der Waals surface area contributed by atoms with Gasteiger partial charge in [-0.3, -0.25) is 4.79 Å². The van der Waals surface area contributed by atoms with E-state index < -0.39 is 0 Å². The monoisotopic (exact) mass is 386 g/mol. The Balaban J connectivity index is 1.37. The molecule has 1 saturated heterocycles. The number of carbonyl (C=O) groups excluding carboxylic acids is 1. The molecule has 1 atom stereocenters. The standard InChI is InChI=1S/C20H27FN6O/c21-14-3-7-16(8-4-14)23-17-2-1-11-26(12-17)20(28)19-13-27(25-24-19)18-9-5-15(22)6-10-18/h3-4,7-8,13,15,17-18,23H,1-2,5-6,9-12,22H2. The van der Waals surface area contributed by atoms with Gasteiger partial charge in [0.2, 0.25) is 0 Å². The van der Waals surface area contributed by atoms with E-state index >= 15 is 0 Å². The highest BCUT2D eigenvalue weighted by Crippen LogP contribution is 2.27. The molecule has 1 amide bonds. The molecule has 2 aliphatic rings. The molecular weight excluding hydrogens is 359 g/mol. The third-order valence-electron chi connectivity index (χ3n) is 5.77. The Hall–Kier alpha value is -2.48. The van der Waals surface area contributed by atoms with E-state index in [2.05, 4.69) is 15.6 Å². The Morgan fingerprint density at radius 1 is 1.14 bits per heavy atom. The summed E-state index contributed by atoms with van der Waals surface area (Å²) in [6.45, 7) is 1.31. The largest absolute Gasteiger partial charge is 0.381 e. The van der Waals surface area contributed by atoms with Crippen molar-refractivity contribution in [3.63, 3.8) is 0 Å². The van der Waals surface area contributed by atoms with Gasteiger partial charge in [0.1, 0.15) is 5.82 Å². The third kappa shape index (κ3) is 4.32. The Labute approximate surface area is 164 Å². The number of likely N-dealkylation sites (tertiary alicyclic amines) is 1. The van der Waals surface area contributed by atoms with Crippen LogP contribution in [0.15, 0.2) is 30.5 Å². The van der Waals surface area contributed by atoms with Crippen molar-refractivity contribution < 1.29 is 9.18 Å². The molecule has 2 heterocycles. The molecule has 2 fully saturated rings. The molecule has 0 radical (unpaired) electrons. The van der Waals surface area contributed by atoms with Crippen LogP contribution < -0.4 is 11.1 Å². The number of aromatic nitrogens is 3. The van der Waals surface area contributed by atoms with Gasteiger partial charge in [0, 0.05) is 30.9 Å². The summed E-state index contributed by atoms with van der Waals surface area (Å²) < 4.78 is 14.9. The van der Waals surface area contributed by atoms with Crippen LogP contribution in [0.3, 0.4) is 0 Å². The number of nitrogens with one attached hydrogen (secondary N) is 1. The Morgan fingerprint density at radius 2 is 1.89 bits per heavy atom. The number of carbonyl (C=O) groups is 1. The fraction of sp³-hybridized carbons (Fsp3) is 0.550. The topological polar surface area (TPSA) is 89.1 Å². The molecule has 1 saturated carbocycles. The molecule has 1 aromatic carbocycles. The highest BCUT2D eigenvalue weighted by molar-refractivity contribution is 5.92. The Bertz CT molecular complexity index is 799.